The Labute approximate surface area is 153 Å². The number of para-hydroxylation sites is 1. The van der Waals surface area contributed by atoms with Crippen molar-refractivity contribution in [3.63, 3.8) is 0 Å². The lowest BCUT2D eigenvalue weighted by Gasteiger charge is -2.08. The normalized spacial score (nSPS) is 12.5. The van der Waals surface area contributed by atoms with Crippen LogP contribution in [0.5, 0.6) is 11.5 Å². The van der Waals surface area contributed by atoms with E-state index in [1.165, 1.54) is 0 Å². The fraction of sp³-hybridized carbons (Fsp3) is 0.0556. The van der Waals surface area contributed by atoms with Crippen LogP contribution in [0.4, 0.5) is 11.5 Å². The van der Waals surface area contributed by atoms with E-state index in [9.17, 15) is 0 Å². The third kappa shape index (κ3) is 2.49. The first kappa shape index (κ1) is 15.0. The molecule has 0 radical (unpaired) electrons. The van der Waals surface area contributed by atoms with Crippen LogP contribution in [0, 0.1) is 0 Å². The maximum atomic E-state index is 6.15. The van der Waals surface area contributed by atoms with Crippen molar-refractivity contribution >= 4 is 34.1 Å². The highest BCUT2D eigenvalue weighted by molar-refractivity contribution is 6.28. The lowest BCUT2D eigenvalue weighted by atomic mass is 10.2. The zero-order chi connectivity index (χ0) is 17.5. The number of hydrogen-bond donors (Lipinski definition) is 1. The minimum atomic E-state index is 0.137. The molecule has 0 aliphatic carbocycles. The summed E-state index contributed by atoms with van der Waals surface area (Å²) in [6.45, 7) is 0.228. The fourth-order valence-electron chi connectivity index (χ4n) is 2.85. The van der Waals surface area contributed by atoms with Gasteiger partial charge in [-0.15, -0.1) is 0 Å². The SMILES string of the molecule is Clc1nc(Nc2ccc3c(c2)OCO3)c2cnn(-c3ccccc3)c2n1. The second-order valence-corrected chi connectivity index (χ2v) is 6.00. The van der Waals surface area contributed by atoms with Gasteiger partial charge in [0.05, 0.1) is 17.3 Å². The Bertz CT molecular complexity index is 1110. The van der Waals surface area contributed by atoms with E-state index in [4.69, 9.17) is 21.1 Å². The summed E-state index contributed by atoms with van der Waals surface area (Å²) in [4.78, 5) is 8.66. The Kier molecular flexibility index (Phi) is 3.39. The molecule has 7 nitrogen and oxygen atoms in total. The number of aromatic nitrogens is 4. The average Bonchev–Trinajstić information content (AvgIpc) is 3.28. The molecule has 1 N–H and O–H groups in total. The summed E-state index contributed by atoms with van der Waals surface area (Å²) in [5, 5.41) is 8.59. The molecule has 5 rings (SSSR count). The summed E-state index contributed by atoms with van der Waals surface area (Å²) >= 11 is 6.15. The molecule has 0 saturated carbocycles. The van der Waals surface area contributed by atoms with Crippen LogP contribution < -0.4 is 14.8 Å². The third-order valence-electron chi connectivity index (χ3n) is 4.04. The second-order valence-electron chi connectivity index (χ2n) is 5.66. The Morgan fingerprint density at radius 3 is 2.73 bits per heavy atom. The molecule has 1 aliphatic rings. The van der Waals surface area contributed by atoms with Gasteiger partial charge in [0.15, 0.2) is 17.1 Å². The molecule has 8 heteroatoms. The van der Waals surface area contributed by atoms with Crippen molar-refractivity contribution in [1.29, 1.82) is 0 Å². The molecule has 4 aromatic rings. The zero-order valence-electron chi connectivity index (χ0n) is 13.4. The minimum Gasteiger partial charge on any atom is -0.454 e. The Balaban J connectivity index is 1.59. The van der Waals surface area contributed by atoms with Crippen LogP contribution in [0.1, 0.15) is 0 Å². The minimum absolute atomic E-state index is 0.137. The van der Waals surface area contributed by atoms with Crippen molar-refractivity contribution in [2.45, 2.75) is 0 Å². The molecule has 0 atom stereocenters. The number of benzene rings is 2. The molecule has 2 aromatic carbocycles. The average molecular weight is 366 g/mol. The monoisotopic (exact) mass is 365 g/mol. The van der Waals surface area contributed by atoms with Gasteiger partial charge in [0.2, 0.25) is 12.1 Å². The van der Waals surface area contributed by atoms with Crippen molar-refractivity contribution < 1.29 is 9.47 Å². The van der Waals surface area contributed by atoms with Crippen molar-refractivity contribution in [3.05, 3.63) is 60.0 Å². The second kappa shape index (κ2) is 5.89. The van der Waals surface area contributed by atoms with Crippen LogP contribution in [-0.4, -0.2) is 26.5 Å². The molecule has 3 heterocycles. The number of ether oxygens (including phenoxy) is 2. The number of hydrogen-bond acceptors (Lipinski definition) is 6. The first-order valence-corrected chi connectivity index (χ1v) is 8.29. The van der Waals surface area contributed by atoms with E-state index in [-0.39, 0.29) is 12.1 Å². The lowest BCUT2D eigenvalue weighted by Crippen LogP contribution is -2.00. The highest BCUT2D eigenvalue weighted by atomic mass is 35.5. The molecule has 0 saturated heterocycles. The maximum absolute atomic E-state index is 6.15. The molecule has 0 spiro atoms. The number of fused-ring (bicyclic) bond motifs is 2. The molecular formula is C18H12ClN5O2. The van der Waals surface area contributed by atoms with Crippen LogP contribution in [0.3, 0.4) is 0 Å². The van der Waals surface area contributed by atoms with Crippen LogP contribution in [0.25, 0.3) is 16.7 Å². The van der Waals surface area contributed by atoms with E-state index in [1.54, 1.807) is 10.9 Å². The Morgan fingerprint density at radius 2 is 1.85 bits per heavy atom. The van der Waals surface area contributed by atoms with E-state index < -0.39 is 0 Å². The van der Waals surface area contributed by atoms with Crippen LogP contribution >= 0.6 is 11.6 Å². The van der Waals surface area contributed by atoms with Gasteiger partial charge >= 0.3 is 0 Å². The van der Waals surface area contributed by atoms with Crippen LogP contribution in [-0.2, 0) is 0 Å². The van der Waals surface area contributed by atoms with E-state index in [1.807, 2.05) is 48.5 Å². The summed E-state index contributed by atoms with van der Waals surface area (Å²) in [6.07, 6.45) is 1.72. The van der Waals surface area contributed by atoms with E-state index in [2.05, 4.69) is 20.4 Å². The Hall–Kier alpha value is -3.32. The smallest absolute Gasteiger partial charge is 0.231 e. The van der Waals surface area contributed by atoms with Gasteiger partial charge in [-0.3, -0.25) is 0 Å². The van der Waals surface area contributed by atoms with Gasteiger partial charge in [0, 0.05) is 11.8 Å². The number of nitrogens with one attached hydrogen (secondary N) is 1. The van der Waals surface area contributed by atoms with Gasteiger partial charge in [0.1, 0.15) is 5.82 Å². The number of nitrogens with zero attached hydrogens (tertiary/aromatic N) is 4. The highest BCUT2D eigenvalue weighted by Crippen LogP contribution is 2.36. The van der Waals surface area contributed by atoms with Gasteiger partial charge in [-0.2, -0.15) is 15.1 Å². The standard InChI is InChI=1S/C18H12ClN5O2/c19-18-22-16(21-11-6-7-14-15(8-11)26-10-25-14)13-9-20-24(17(13)23-18)12-4-2-1-3-5-12/h1-9H,10H2,(H,21,22,23). The zero-order valence-corrected chi connectivity index (χ0v) is 14.1. The summed E-state index contributed by atoms with van der Waals surface area (Å²) in [5.74, 6) is 1.98. The van der Waals surface area contributed by atoms with Crippen molar-refractivity contribution in [3.8, 4) is 17.2 Å². The van der Waals surface area contributed by atoms with Crippen molar-refractivity contribution in [1.82, 2.24) is 19.7 Å². The van der Waals surface area contributed by atoms with Gasteiger partial charge in [0.25, 0.3) is 0 Å². The summed E-state index contributed by atoms with van der Waals surface area (Å²) in [5.41, 5.74) is 2.32. The Morgan fingerprint density at radius 1 is 1.00 bits per heavy atom. The number of rotatable bonds is 3. The van der Waals surface area contributed by atoms with Gasteiger partial charge in [-0.1, -0.05) is 18.2 Å². The molecular weight excluding hydrogens is 354 g/mol. The van der Waals surface area contributed by atoms with E-state index in [0.717, 1.165) is 22.5 Å². The summed E-state index contributed by atoms with van der Waals surface area (Å²) in [7, 11) is 0. The van der Waals surface area contributed by atoms with Gasteiger partial charge in [-0.05, 0) is 35.9 Å². The molecule has 0 fully saturated rings. The first-order valence-electron chi connectivity index (χ1n) is 7.91. The predicted molar refractivity (Wildman–Crippen MR) is 97.5 cm³/mol. The number of halogens is 1. The first-order chi connectivity index (χ1) is 12.8. The molecule has 0 amide bonds. The largest absolute Gasteiger partial charge is 0.454 e. The molecule has 0 unspecified atom stereocenters. The highest BCUT2D eigenvalue weighted by Gasteiger charge is 2.16. The maximum Gasteiger partial charge on any atom is 0.231 e. The lowest BCUT2D eigenvalue weighted by molar-refractivity contribution is 0.174. The summed E-state index contributed by atoms with van der Waals surface area (Å²) in [6, 6.07) is 15.3. The topological polar surface area (TPSA) is 74.1 Å². The molecule has 1 aliphatic heterocycles. The van der Waals surface area contributed by atoms with E-state index >= 15 is 0 Å². The van der Waals surface area contributed by atoms with Gasteiger partial charge in [-0.25, -0.2) is 4.68 Å². The molecule has 128 valence electrons. The molecule has 26 heavy (non-hydrogen) atoms. The van der Waals surface area contributed by atoms with Crippen LogP contribution in [0.2, 0.25) is 5.28 Å². The van der Waals surface area contributed by atoms with E-state index in [0.29, 0.717) is 17.2 Å². The number of anilines is 2. The molecule has 0 bridgehead atoms. The van der Waals surface area contributed by atoms with Crippen LogP contribution in [0.15, 0.2) is 54.7 Å². The van der Waals surface area contributed by atoms with Gasteiger partial charge < -0.3 is 14.8 Å². The quantitative estimate of drug-likeness (QED) is 0.554. The van der Waals surface area contributed by atoms with Crippen molar-refractivity contribution in [2.75, 3.05) is 12.1 Å². The summed E-state index contributed by atoms with van der Waals surface area (Å²) < 4.78 is 12.5. The third-order valence-corrected chi connectivity index (χ3v) is 4.21. The fourth-order valence-corrected chi connectivity index (χ4v) is 3.01. The molecule has 2 aromatic heterocycles. The van der Waals surface area contributed by atoms with Crippen molar-refractivity contribution in [2.24, 2.45) is 0 Å². The predicted octanol–water partition coefficient (Wildman–Crippen LogP) is 3.94.